The van der Waals surface area contributed by atoms with E-state index in [2.05, 4.69) is 15.3 Å². The number of H-pyrrole nitrogens is 1. The second-order valence-electron chi connectivity index (χ2n) is 3.81. The van der Waals surface area contributed by atoms with Crippen LogP contribution in [0.1, 0.15) is 16.1 Å². The summed E-state index contributed by atoms with van der Waals surface area (Å²) < 4.78 is 0. The number of aryl methyl sites for hydroxylation is 1. The first-order chi connectivity index (χ1) is 8.97. The maximum absolute atomic E-state index is 11.8. The first-order valence-electron chi connectivity index (χ1n) is 5.23. The minimum atomic E-state index is -0.582. The molecule has 2 N–H and O–H groups in total. The Bertz CT molecular complexity index is 653. The van der Waals surface area contributed by atoms with Gasteiger partial charge in [0.05, 0.1) is 23.0 Å². The number of rotatable bonds is 3. The van der Waals surface area contributed by atoms with E-state index >= 15 is 0 Å². The lowest BCUT2D eigenvalue weighted by molar-refractivity contribution is -0.384. The number of carbonyl (C=O) groups is 1. The average molecular weight is 281 g/mol. The van der Waals surface area contributed by atoms with Gasteiger partial charge < -0.3 is 10.3 Å². The largest absolute Gasteiger partial charge is 0.351 e. The molecule has 2 aromatic heterocycles. The van der Waals surface area contributed by atoms with Crippen molar-refractivity contribution in [3.63, 3.8) is 0 Å². The quantitative estimate of drug-likeness (QED) is 0.512. The van der Waals surface area contributed by atoms with Crippen LogP contribution in [0, 0.1) is 17.0 Å². The number of nitro groups is 1. The van der Waals surface area contributed by atoms with Crippen LogP contribution in [0.15, 0.2) is 24.5 Å². The molecule has 0 saturated carbocycles. The van der Waals surface area contributed by atoms with E-state index in [4.69, 9.17) is 11.6 Å². The third-order valence-corrected chi connectivity index (χ3v) is 2.79. The van der Waals surface area contributed by atoms with Crippen LogP contribution in [-0.2, 0) is 0 Å². The Labute approximate surface area is 112 Å². The Hall–Kier alpha value is -2.41. The van der Waals surface area contributed by atoms with E-state index in [1.807, 2.05) is 0 Å². The van der Waals surface area contributed by atoms with Gasteiger partial charge in [-0.05, 0) is 18.6 Å². The summed E-state index contributed by atoms with van der Waals surface area (Å²) in [5, 5.41) is 13.4. The second kappa shape index (κ2) is 5.07. The molecule has 8 heteroatoms. The molecule has 2 heterocycles. The van der Waals surface area contributed by atoms with Crippen molar-refractivity contribution in [2.75, 3.05) is 5.32 Å². The molecule has 0 radical (unpaired) electrons. The molecule has 2 aromatic rings. The molecule has 7 nitrogen and oxygen atoms in total. The summed E-state index contributed by atoms with van der Waals surface area (Å²) in [5.41, 5.74) is 1.11. The Morgan fingerprint density at radius 1 is 1.53 bits per heavy atom. The SMILES string of the molecule is Cc1cc(NC(=O)c2cc([N+](=O)[O-])c[nH]2)cnc1Cl. The fourth-order valence-corrected chi connectivity index (χ4v) is 1.55. The highest BCUT2D eigenvalue weighted by Crippen LogP contribution is 2.18. The monoisotopic (exact) mass is 280 g/mol. The van der Waals surface area contributed by atoms with Gasteiger partial charge in [0.2, 0.25) is 0 Å². The molecule has 0 unspecified atom stereocenters. The van der Waals surface area contributed by atoms with Crippen molar-refractivity contribution in [1.29, 1.82) is 0 Å². The number of nitrogens with zero attached hydrogens (tertiary/aromatic N) is 2. The molecule has 1 amide bonds. The van der Waals surface area contributed by atoms with Gasteiger partial charge in [0.25, 0.3) is 11.6 Å². The first kappa shape index (κ1) is 13.0. The van der Waals surface area contributed by atoms with E-state index in [9.17, 15) is 14.9 Å². The third kappa shape index (κ3) is 2.89. The summed E-state index contributed by atoms with van der Waals surface area (Å²) in [4.78, 5) is 28.2. The van der Waals surface area contributed by atoms with Gasteiger partial charge >= 0.3 is 0 Å². The number of anilines is 1. The molecule has 0 fully saturated rings. The molecular formula is C11H9ClN4O3. The Morgan fingerprint density at radius 3 is 2.84 bits per heavy atom. The molecule has 0 spiro atoms. The van der Waals surface area contributed by atoms with E-state index in [0.717, 1.165) is 17.8 Å². The van der Waals surface area contributed by atoms with Crippen molar-refractivity contribution in [3.8, 4) is 0 Å². The highest BCUT2D eigenvalue weighted by atomic mass is 35.5. The van der Waals surface area contributed by atoms with Crippen molar-refractivity contribution in [2.24, 2.45) is 0 Å². The van der Waals surface area contributed by atoms with E-state index < -0.39 is 10.8 Å². The molecule has 19 heavy (non-hydrogen) atoms. The lowest BCUT2D eigenvalue weighted by Crippen LogP contribution is -2.12. The topological polar surface area (TPSA) is 101 Å². The van der Waals surface area contributed by atoms with Gasteiger partial charge in [0.15, 0.2) is 0 Å². The fourth-order valence-electron chi connectivity index (χ4n) is 1.44. The smallest absolute Gasteiger partial charge is 0.287 e. The molecule has 0 aromatic carbocycles. The maximum atomic E-state index is 11.8. The fraction of sp³-hybridized carbons (Fsp3) is 0.0909. The number of carbonyl (C=O) groups excluding carboxylic acids is 1. The van der Waals surface area contributed by atoms with Crippen LogP contribution in [0.4, 0.5) is 11.4 Å². The molecule has 2 rings (SSSR count). The zero-order valence-electron chi connectivity index (χ0n) is 9.81. The van der Waals surface area contributed by atoms with Gasteiger partial charge in [-0.1, -0.05) is 11.6 Å². The van der Waals surface area contributed by atoms with Gasteiger partial charge in [-0.3, -0.25) is 14.9 Å². The lowest BCUT2D eigenvalue weighted by Gasteiger charge is -2.04. The van der Waals surface area contributed by atoms with Crippen LogP contribution in [-0.4, -0.2) is 20.8 Å². The van der Waals surface area contributed by atoms with Gasteiger partial charge in [0.1, 0.15) is 10.8 Å². The lowest BCUT2D eigenvalue weighted by atomic mass is 10.3. The molecule has 0 bridgehead atoms. The van der Waals surface area contributed by atoms with Crippen LogP contribution < -0.4 is 5.32 Å². The first-order valence-corrected chi connectivity index (χ1v) is 5.61. The van der Waals surface area contributed by atoms with Gasteiger partial charge in [-0.25, -0.2) is 4.98 Å². The van der Waals surface area contributed by atoms with Crippen molar-refractivity contribution in [3.05, 3.63) is 51.1 Å². The average Bonchev–Trinajstić information content (AvgIpc) is 2.83. The van der Waals surface area contributed by atoms with Crippen molar-refractivity contribution < 1.29 is 9.72 Å². The van der Waals surface area contributed by atoms with Gasteiger partial charge in [0, 0.05) is 6.07 Å². The minimum absolute atomic E-state index is 0.0966. The van der Waals surface area contributed by atoms with Crippen molar-refractivity contribution >= 4 is 28.9 Å². The summed E-state index contributed by atoms with van der Waals surface area (Å²) in [7, 11) is 0. The third-order valence-electron chi connectivity index (χ3n) is 2.40. The normalized spacial score (nSPS) is 10.2. The molecule has 0 aliphatic rings. The number of aromatic amines is 1. The molecule has 0 saturated heterocycles. The zero-order valence-corrected chi connectivity index (χ0v) is 10.6. The predicted octanol–water partition coefficient (Wildman–Crippen LogP) is 2.53. The van der Waals surface area contributed by atoms with Crippen LogP contribution >= 0.6 is 11.6 Å². The molecular weight excluding hydrogens is 272 g/mol. The summed E-state index contributed by atoms with van der Waals surface area (Å²) in [6.45, 7) is 1.75. The highest BCUT2D eigenvalue weighted by Gasteiger charge is 2.14. The second-order valence-corrected chi connectivity index (χ2v) is 4.17. The number of nitrogens with one attached hydrogen (secondary N) is 2. The van der Waals surface area contributed by atoms with E-state index in [0.29, 0.717) is 10.8 Å². The van der Waals surface area contributed by atoms with Crippen LogP contribution in [0.2, 0.25) is 5.15 Å². The number of hydrogen-bond acceptors (Lipinski definition) is 4. The molecule has 0 aliphatic carbocycles. The number of halogens is 1. The summed E-state index contributed by atoms with van der Waals surface area (Å²) in [5.74, 6) is -0.489. The highest BCUT2D eigenvalue weighted by molar-refractivity contribution is 6.30. The number of aromatic nitrogens is 2. The van der Waals surface area contributed by atoms with Crippen LogP contribution in [0.25, 0.3) is 0 Å². The number of pyridine rings is 1. The van der Waals surface area contributed by atoms with Crippen molar-refractivity contribution in [2.45, 2.75) is 6.92 Å². The standard InChI is InChI=1S/C11H9ClN4O3/c1-6-2-7(4-14-10(6)12)15-11(17)9-3-8(5-13-9)16(18)19/h2-5,13H,1H3,(H,15,17). The Morgan fingerprint density at radius 2 is 2.26 bits per heavy atom. The Balaban J connectivity index is 2.15. The zero-order chi connectivity index (χ0) is 14.0. The number of hydrogen-bond donors (Lipinski definition) is 2. The van der Waals surface area contributed by atoms with Crippen LogP contribution in [0.3, 0.4) is 0 Å². The Kier molecular flexibility index (Phi) is 3.48. The molecule has 0 atom stereocenters. The summed E-state index contributed by atoms with van der Waals surface area (Å²) in [6, 6.07) is 2.82. The molecule has 98 valence electrons. The van der Waals surface area contributed by atoms with Crippen LogP contribution in [0.5, 0.6) is 0 Å². The van der Waals surface area contributed by atoms with Crippen molar-refractivity contribution in [1.82, 2.24) is 9.97 Å². The number of amides is 1. The molecule has 0 aliphatic heterocycles. The summed E-state index contributed by atoms with van der Waals surface area (Å²) >= 11 is 5.77. The minimum Gasteiger partial charge on any atom is -0.351 e. The van der Waals surface area contributed by atoms with Gasteiger partial charge in [-0.2, -0.15) is 0 Å². The predicted molar refractivity (Wildman–Crippen MR) is 69.4 cm³/mol. The maximum Gasteiger partial charge on any atom is 0.287 e. The summed E-state index contributed by atoms with van der Waals surface area (Å²) in [6.07, 6.45) is 2.56. The van der Waals surface area contributed by atoms with E-state index in [1.165, 1.54) is 6.20 Å². The van der Waals surface area contributed by atoms with E-state index in [1.54, 1.807) is 13.0 Å². The van der Waals surface area contributed by atoms with Gasteiger partial charge in [-0.15, -0.1) is 0 Å². The van der Waals surface area contributed by atoms with E-state index in [-0.39, 0.29) is 11.4 Å².